The first-order valence-corrected chi connectivity index (χ1v) is 9.18. The number of anilines is 4. The van der Waals surface area contributed by atoms with Crippen LogP contribution >= 0.6 is 0 Å². The molecule has 0 spiro atoms. The maximum atomic E-state index is 12.4. The molecule has 1 aromatic heterocycles. The molecule has 2 aromatic carbocycles. The monoisotopic (exact) mass is 389 g/mol. The summed E-state index contributed by atoms with van der Waals surface area (Å²) in [5.74, 6) is -0.0357. The molecule has 0 radical (unpaired) electrons. The van der Waals surface area contributed by atoms with Gasteiger partial charge in [0.2, 0.25) is 11.9 Å². The van der Waals surface area contributed by atoms with Crippen molar-refractivity contribution in [3.8, 4) is 0 Å². The van der Waals surface area contributed by atoms with Gasteiger partial charge in [0, 0.05) is 36.4 Å². The number of carbonyl (C=O) groups is 2. The van der Waals surface area contributed by atoms with Crippen LogP contribution in [0.1, 0.15) is 34.0 Å². The molecule has 1 heterocycles. The molecule has 3 aromatic rings. The zero-order valence-electron chi connectivity index (χ0n) is 16.8. The van der Waals surface area contributed by atoms with Gasteiger partial charge >= 0.3 is 0 Å². The van der Waals surface area contributed by atoms with Crippen LogP contribution < -0.4 is 16.0 Å². The second-order valence-corrected chi connectivity index (χ2v) is 6.91. The van der Waals surface area contributed by atoms with E-state index in [0.29, 0.717) is 22.9 Å². The lowest BCUT2D eigenvalue weighted by Crippen LogP contribution is -2.13. The third-order valence-corrected chi connectivity index (χ3v) is 4.29. The average molecular weight is 389 g/mol. The number of carbonyl (C=O) groups excluding carboxylic acids is 2. The lowest BCUT2D eigenvalue weighted by atomic mass is 10.1. The predicted molar refractivity (Wildman–Crippen MR) is 115 cm³/mol. The molecule has 0 atom stereocenters. The smallest absolute Gasteiger partial charge is 0.258 e. The summed E-state index contributed by atoms with van der Waals surface area (Å²) in [4.78, 5) is 32.0. The predicted octanol–water partition coefficient (Wildman–Crippen LogP) is 4.36. The van der Waals surface area contributed by atoms with E-state index in [1.807, 2.05) is 13.8 Å². The van der Waals surface area contributed by atoms with E-state index in [4.69, 9.17) is 0 Å². The molecule has 7 heteroatoms. The summed E-state index contributed by atoms with van der Waals surface area (Å²) in [6.45, 7) is 7.56. The third kappa shape index (κ3) is 5.16. The van der Waals surface area contributed by atoms with Crippen molar-refractivity contribution in [2.24, 2.45) is 0 Å². The molecule has 3 N–H and O–H groups in total. The maximum absolute atomic E-state index is 12.4. The van der Waals surface area contributed by atoms with Crippen LogP contribution in [0.4, 0.5) is 23.0 Å². The molecular formula is C22H23N5O2. The van der Waals surface area contributed by atoms with Crippen LogP contribution in [0.5, 0.6) is 0 Å². The van der Waals surface area contributed by atoms with E-state index in [0.717, 1.165) is 16.8 Å². The number of benzene rings is 2. The van der Waals surface area contributed by atoms with Crippen LogP contribution in [0.2, 0.25) is 0 Å². The molecule has 0 aliphatic heterocycles. The Morgan fingerprint density at radius 2 is 1.34 bits per heavy atom. The third-order valence-electron chi connectivity index (χ3n) is 4.29. The molecule has 0 saturated heterocycles. The Morgan fingerprint density at radius 3 is 1.86 bits per heavy atom. The van der Waals surface area contributed by atoms with Gasteiger partial charge in [-0.05, 0) is 56.2 Å². The van der Waals surface area contributed by atoms with E-state index in [2.05, 4.69) is 45.0 Å². The van der Waals surface area contributed by atoms with Gasteiger partial charge in [0.05, 0.1) is 5.56 Å². The van der Waals surface area contributed by atoms with Crippen molar-refractivity contribution in [2.75, 3.05) is 16.0 Å². The minimum Gasteiger partial charge on any atom is -0.326 e. The molecule has 0 bridgehead atoms. The number of nitrogens with zero attached hydrogens (tertiary/aromatic N) is 2. The molecule has 29 heavy (non-hydrogen) atoms. The van der Waals surface area contributed by atoms with Gasteiger partial charge < -0.3 is 16.0 Å². The van der Waals surface area contributed by atoms with Crippen LogP contribution in [0.25, 0.3) is 0 Å². The standard InChI is InChI=1S/C22H23N5O2/c1-13-9-14(2)20(15(3)10-13)27-22-23-11-17(12-24-22)21(29)26-19-7-5-18(6-8-19)25-16(4)28/h5-12H,1-4H3,(H,25,28)(H,26,29)(H,23,24,27). The molecule has 0 unspecified atom stereocenters. The largest absolute Gasteiger partial charge is 0.326 e. The van der Waals surface area contributed by atoms with E-state index in [1.54, 1.807) is 24.3 Å². The fourth-order valence-electron chi connectivity index (χ4n) is 3.04. The van der Waals surface area contributed by atoms with Gasteiger partial charge in [-0.3, -0.25) is 9.59 Å². The quantitative estimate of drug-likeness (QED) is 0.603. The minimum absolute atomic E-state index is 0.149. The van der Waals surface area contributed by atoms with Gasteiger partial charge in [-0.2, -0.15) is 0 Å². The topological polar surface area (TPSA) is 96.0 Å². The number of aromatic nitrogens is 2. The van der Waals surface area contributed by atoms with Crippen LogP contribution in [0, 0.1) is 20.8 Å². The fraction of sp³-hybridized carbons (Fsp3) is 0.182. The van der Waals surface area contributed by atoms with Gasteiger partial charge in [-0.25, -0.2) is 9.97 Å². The van der Waals surface area contributed by atoms with Crippen LogP contribution in [0.15, 0.2) is 48.8 Å². The lowest BCUT2D eigenvalue weighted by Gasteiger charge is -2.13. The second-order valence-electron chi connectivity index (χ2n) is 6.91. The van der Waals surface area contributed by atoms with Gasteiger partial charge in [0.15, 0.2) is 0 Å². The minimum atomic E-state index is -0.313. The summed E-state index contributed by atoms with van der Waals surface area (Å²) >= 11 is 0. The summed E-state index contributed by atoms with van der Waals surface area (Å²) in [5.41, 5.74) is 5.99. The van der Waals surface area contributed by atoms with Crippen molar-refractivity contribution in [3.63, 3.8) is 0 Å². The molecular weight excluding hydrogens is 366 g/mol. The number of rotatable bonds is 5. The van der Waals surface area contributed by atoms with Crippen molar-refractivity contribution in [1.82, 2.24) is 9.97 Å². The first-order chi connectivity index (χ1) is 13.8. The second kappa shape index (κ2) is 8.52. The highest BCUT2D eigenvalue weighted by atomic mass is 16.2. The Labute approximate surface area is 169 Å². The number of nitrogens with one attached hydrogen (secondary N) is 3. The zero-order valence-corrected chi connectivity index (χ0v) is 16.8. The Hall–Kier alpha value is -3.74. The molecule has 7 nitrogen and oxygen atoms in total. The van der Waals surface area contributed by atoms with E-state index >= 15 is 0 Å². The molecule has 2 amide bonds. The van der Waals surface area contributed by atoms with Crippen molar-refractivity contribution in [3.05, 3.63) is 71.0 Å². The molecule has 0 saturated carbocycles. The van der Waals surface area contributed by atoms with Crippen molar-refractivity contribution >= 4 is 34.8 Å². The number of hydrogen-bond acceptors (Lipinski definition) is 5. The van der Waals surface area contributed by atoms with Crippen molar-refractivity contribution in [2.45, 2.75) is 27.7 Å². The summed E-state index contributed by atoms with van der Waals surface area (Å²) in [5, 5.41) is 8.67. The molecule has 148 valence electrons. The highest BCUT2D eigenvalue weighted by Crippen LogP contribution is 2.24. The van der Waals surface area contributed by atoms with E-state index in [1.165, 1.54) is 24.9 Å². The normalized spacial score (nSPS) is 10.3. The summed E-state index contributed by atoms with van der Waals surface area (Å²) in [7, 11) is 0. The van der Waals surface area contributed by atoms with Gasteiger partial charge in [0.25, 0.3) is 5.91 Å². The molecule has 0 aliphatic carbocycles. The Bertz CT molecular complexity index is 1020. The Kier molecular flexibility index (Phi) is 5.87. The summed E-state index contributed by atoms with van der Waals surface area (Å²) in [6, 6.07) is 11.0. The lowest BCUT2D eigenvalue weighted by molar-refractivity contribution is -0.114. The number of aryl methyl sites for hydroxylation is 3. The molecule has 3 rings (SSSR count). The van der Waals surface area contributed by atoms with E-state index < -0.39 is 0 Å². The van der Waals surface area contributed by atoms with Crippen molar-refractivity contribution in [1.29, 1.82) is 0 Å². The molecule has 0 aliphatic rings. The van der Waals surface area contributed by atoms with E-state index in [9.17, 15) is 9.59 Å². The Morgan fingerprint density at radius 1 is 0.828 bits per heavy atom. The first-order valence-electron chi connectivity index (χ1n) is 9.18. The summed E-state index contributed by atoms with van der Waals surface area (Å²) in [6.07, 6.45) is 2.96. The van der Waals surface area contributed by atoms with Gasteiger partial charge in [0.1, 0.15) is 0 Å². The van der Waals surface area contributed by atoms with Crippen LogP contribution in [-0.4, -0.2) is 21.8 Å². The number of amides is 2. The first kappa shape index (κ1) is 20.0. The maximum Gasteiger partial charge on any atom is 0.258 e. The average Bonchev–Trinajstić information content (AvgIpc) is 2.66. The highest BCUT2D eigenvalue weighted by molar-refractivity contribution is 6.04. The van der Waals surface area contributed by atoms with Gasteiger partial charge in [-0.1, -0.05) is 17.7 Å². The fourth-order valence-corrected chi connectivity index (χ4v) is 3.04. The van der Waals surface area contributed by atoms with E-state index in [-0.39, 0.29) is 11.8 Å². The molecule has 0 fully saturated rings. The summed E-state index contributed by atoms with van der Waals surface area (Å²) < 4.78 is 0. The SMILES string of the molecule is CC(=O)Nc1ccc(NC(=O)c2cnc(Nc3c(C)cc(C)cc3C)nc2)cc1. The van der Waals surface area contributed by atoms with Crippen LogP contribution in [0.3, 0.4) is 0 Å². The van der Waals surface area contributed by atoms with Crippen molar-refractivity contribution < 1.29 is 9.59 Å². The highest BCUT2D eigenvalue weighted by Gasteiger charge is 2.10. The van der Waals surface area contributed by atoms with Crippen LogP contribution in [-0.2, 0) is 4.79 Å². The van der Waals surface area contributed by atoms with Gasteiger partial charge in [-0.15, -0.1) is 0 Å². The zero-order chi connectivity index (χ0) is 21.0. The Balaban J connectivity index is 1.67. The number of hydrogen-bond donors (Lipinski definition) is 3.